The van der Waals surface area contributed by atoms with Crippen LogP contribution in [0.25, 0.3) is 0 Å². The summed E-state index contributed by atoms with van der Waals surface area (Å²) in [5.74, 6) is 0. The van der Waals surface area contributed by atoms with Crippen LogP contribution in [-0.4, -0.2) is 7.54 Å². The van der Waals surface area contributed by atoms with Crippen LogP contribution in [0.3, 0.4) is 0 Å². The van der Waals surface area contributed by atoms with Crippen molar-refractivity contribution in [3.05, 3.63) is 6.92 Å². The van der Waals surface area contributed by atoms with Crippen LogP contribution in [-0.2, 0) is 0 Å². The van der Waals surface area contributed by atoms with Gasteiger partial charge in [0.1, 0.15) is 0 Å². The van der Waals surface area contributed by atoms with Crippen LogP contribution in [0.1, 0.15) is 6.92 Å². The molecule has 0 amide bonds. The van der Waals surface area contributed by atoms with E-state index in [-0.39, 0.29) is 51.4 Å². The Bertz CT molecular complexity index is 17.7. The van der Waals surface area contributed by atoms with E-state index in [1.807, 2.05) is 0 Å². The molecule has 0 atom stereocenters. The summed E-state index contributed by atoms with van der Waals surface area (Å²) in [5, 5.41) is 0. The molecule has 0 radical (unpaired) electrons. The van der Waals surface area contributed by atoms with Crippen molar-refractivity contribution >= 4 is 7.54 Å². The molecule has 0 spiro atoms. The first kappa shape index (κ1) is 15.8. The van der Waals surface area contributed by atoms with E-state index in [2.05, 4.69) is 6.92 Å². The molecule has 0 saturated heterocycles. The molecule has 0 saturated carbocycles. The van der Waals surface area contributed by atoms with Crippen molar-refractivity contribution in [3.8, 4) is 0 Å². The van der Waals surface area contributed by atoms with Gasteiger partial charge >= 0.3 is 58.9 Å². The van der Waals surface area contributed by atoms with Gasteiger partial charge in [-0.25, -0.2) is 0 Å². The minimum absolute atomic E-state index is 0. The van der Waals surface area contributed by atoms with Gasteiger partial charge in [0.2, 0.25) is 0 Å². The molecule has 7 heavy (non-hydrogen) atoms. The summed E-state index contributed by atoms with van der Waals surface area (Å²) >= 11 is 0. The largest absolute Gasteiger partial charge is 1.00 e. The number of halogens is 3. The predicted octanol–water partition coefficient (Wildman–Crippen LogP) is -1.28. The predicted molar refractivity (Wildman–Crippen MR) is 20.1 cm³/mol. The average molecular weight is 136 g/mol. The van der Waals surface area contributed by atoms with Gasteiger partial charge in [0.05, 0.1) is 0 Å². The molecule has 0 aromatic rings. The fraction of sp³-hybridized carbons (Fsp3) is 0.500. The summed E-state index contributed by atoms with van der Waals surface area (Å²) in [6.07, 6.45) is 0. The van der Waals surface area contributed by atoms with Gasteiger partial charge in [-0.15, -0.1) is 0 Å². The van der Waals surface area contributed by atoms with E-state index < -0.39 is 7.54 Å². The van der Waals surface area contributed by atoms with Gasteiger partial charge in [0, 0.05) is 0 Å². The molecule has 0 rings (SSSR count). The maximum absolute atomic E-state index is 9.67. The van der Waals surface area contributed by atoms with Crippen molar-refractivity contribution in [3.63, 3.8) is 0 Å². The number of hydrogen-bond acceptors (Lipinski definition) is 0. The molecule has 0 heterocycles. The van der Waals surface area contributed by atoms with E-state index in [9.17, 15) is 12.9 Å². The molecular formula is C2H5BF3K. The molecule has 0 unspecified atom stereocenters. The fourth-order valence-electron chi connectivity index (χ4n) is 0. The van der Waals surface area contributed by atoms with E-state index in [1.54, 1.807) is 6.92 Å². The molecule has 0 N–H and O–H groups in total. The summed E-state index contributed by atoms with van der Waals surface area (Å²) in [7, 11) is -3.67. The first-order valence-electron chi connectivity index (χ1n) is 1.36. The Kier molecular flexibility index (Phi) is 35.3. The van der Waals surface area contributed by atoms with E-state index in [0.717, 1.165) is 0 Å². The van der Waals surface area contributed by atoms with Crippen LogP contribution in [0, 0.1) is 6.92 Å². The number of hydrogen-bond donors (Lipinski definition) is 0. The Balaban J connectivity index is -0.0000000480. The second kappa shape index (κ2) is 15.6. The van der Waals surface area contributed by atoms with Gasteiger partial charge in [0.15, 0.2) is 0 Å². The maximum Gasteiger partial charge on any atom is 1.00 e. The third-order valence-electron chi connectivity index (χ3n) is 0. The zero-order chi connectivity index (χ0) is 5.58. The van der Waals surface area contributed by atoms with Crippen LogP contribution in [0.4, 0.5) is 12.9 Å². The smallest absolute Gasteiger partial charge is 0.346 e. The van der Waals surface area contributed by atoms with Crippen molar-refractivity contribution in [2.24, 2.45) is 0 Å². The monoisotopic (exact) mass is 136 g/mol. The zero-order valence-corrected chi connectivity index (χ0v) is 7.54. The molecule has 0 aromatic heterocycles. The van der Waals surface area contributed by atoms with Crippen LogP contribution in [0.2, 0.25) is 0 Å². The molecule has 0 nitrogen and oxygen atoms in total. The van der Waals surface area contributed by atoms with Crippen LogP contribution in [0.15, 0.2) is 0 Å². The Morgan fingerprint density at radius 1 is 1.14 bits per heavy atom. The molecule has 38 valence electrons. The first-order chi connectivity index (χ1) is 2.73. The molecule has 0 aliphatic heterocycles. The van der Waals surface area contributed by atoms with E-state index >= 15 is 0 Å². The van der Waals surface area contributed by atoms with Crippen LogP contribution in [0.5, 0.6) is 0 Å². The molecular weight excluding hydrogens is 131 g/mol. The Morgan fingerprint density at radius 2 is 1.14 bits per heavy atom. The van der Waals surface area contributed by atoms with Crippen molar-refractivity contribution in [1.29, 1.82) is 0 Å². The maximum atomic E-state index is 9.67. The summed E-state index contributed by atoms with van der Waals surface area (Å²) < 4.78 is 29.0. The second-order valence-corrected chi connectivity index (χ2v) is 0.247. The quantitative estimate of drug-likeness (QED) is 0.287. The third kappa shape index (κ3) is 102. The standard InChI is InChI=1S/C2H5.BF3.K/c1-2;2-1(3)4;/h1H2,2H3;;/q-1;;+1. The summed E-state index contributed by atoms with van der Waals surface area (Å²) in [6, 6.07) is 0. The van der Waals surface area contributed by atoms with Gasteiger partial charge in [-0.2, -0.15) is 6.92 Å². The SMILES string of the molecule is FB(F)F.[CH2-]C.[K+]. The molecule has 0 fully saturated rings. The zero-order valence-electron chi connectivity index (χ0n) is 4.42. The van der Waals surface area contributed by atoms with Gasteiger partial charge in [0.25, 0.3) is 0 Å². The molecule has 0 aromatic carbocycles. The van der Waals surface area contributed by atoms with E-state index in [1.165, 1.54) is 0 Å². The van der Waals surface area contributed by atoms with E-state index in [4.69, 9.17) is 0 Å². The molecule has 5 heteroatoms. The Hall–Kier alpha value is 1.49. The second-order valence-electron chi connectivity index (χ2n) is 0.247. The molecule has 0 bridgehead atoms. The summed E-state index contributed by atoms with van der Waals surface area (Å²) in [6.45, 7) is 5.00. The minimum Gasteiger partial charge on any atom is -0.346 e. The fourth-order valence-corrected chi connectivity index (χ4v) is 0. The Morgan fingerprint density at radius 3 is 1.14 bits per heavy atom. The first-order valence-corrected chi connectivity index (χ1v) is 1.36. The van der Waals surface area contributed by atoms with Gasteiger partial charge < -0.3 is 6.92 Å². The Labute approximate surface area is 84.5 Å². The van der Waals surface area contributed by atoms with Crippen molar-refractivity contribution in [2.45, 2.75) is 6.92 Å². The minimum atomic E-state index is -3.67. The van der Waals surface area contributed by atoms with Crippen molar-refractivity contribution in [1.82, 2.24) is 0 Å². The van der Waals surface area contributed by atoms with Crippen molar-refractivity contribution < 1.29 is 64.3 Å². The van der Waals surface area contributed by atoms with Crippen LogP contribution >= 0.6 is 0 Å². The summed E-state index contributed by atoms with van der Waals surface area (Å²) in [5.41, 5.74) is 0. The third-order valence-corrected chi connectivity index (χ3v) is 0. The molecule has 0 aliphatic carbocycles. The summed E-state index contributed by atoms with van der Waals surface area (Å²) in [4.78, 5) is 0. The molecule has 0 aliphatic rings. The van der Waals surface area contributed by atoms with E-state index in [0.29, 0.717) is 0 Å². The van der Waals surface area contributed by atoms with Gasteiger partial charge in [-0.1, -0.05) is 0 Å². The van der Waals surface area contributed by atoms with Gasteiger partial charge in [-0.3, -0.25) is 12.9 Å². The number of rotatable bonds is 0. The normalized spacial score (nSPS) is 4.71. The van der Waals surface area contributed by atoms with Crippen molar-refractivity contribution in [2.75, 3.05) is 0 Å². The van der Waals surface area contributed by atoms with Crippen LogP contribution < -0.4 is 51.4 Å². The van der Waals surface area contributed by atoms with Gasteiger partial charge in [-0.05, 0) is 0 Å². The topological polar surface area (TPSA) is 0 Å². The average Bonchev–Trinajstić information content (AvgIpc) is 1.41.